The fourth-order valence-electron chi connectivity index (χ4n) is 1.19. The average Bonchev–Trinajstić information content (AvgIpc) is 1.99. The van der Waals surface area contributed by atoms with E-state index in [1.54, 1.807) is 13.0 Å². The predicted octanol–water partition coefficient (Wildman–Crippen LogP) is 2.39. The molecule has 0 spiro atoms. The van der Waals surface area contributed by atoms with Crippen molar-refractivity contribution in [2.75, 3.05) is 0 Å². The average molecular weight is 245 g/mol. The second-order valence-corrected chi connectivity index (χ2v) is 4.14. The Morgan fingerprint density at radius 1 is 1.46 bits per heavy atom. The molecule has 0 saturated heterocycles. The minimum absolute atomic E-state index is 0.251. The van der Waals surface area contributed by atoms with Gasteiger partial charge in [-0.1, -0.05) is 15.9 Å². The molecule has 1 aromatic carbocycles. The molecular formula is C10H13BrO2. The van der Waals surface area contributed by atoms with Crippen LogP contribution in [0, 0.1) is 6.92 Å². The Balaban J connectivity index is 3.01. The van der Waals surface area contributed by atoms with E-state index in [0.717, 1.165) is 15.6 Å². The summed E-state index contributed by atoms with van der Waals surface area (Å²) < 4.78 is 0.959. The molecule has 0 amide bonds. The second-order valence-electron chi connectivity index (χ2n) is 3.28. The number of hydrogen-bond acceptors (Lipinski definition) is 2. The summed E-state index contributed by atoms with van der Waals surface area (Å²) >= 11 is 3.38. The van der Waals surface area contributed by atoms with Gasteiger partial charge >= 0.3 is 0 Å². The number of phenolic OH excluding ortho intramolecular Hbond substituents is 1. The van der Waals surface area contributed by atoms with Crippen LogP contribution in [0.25, 0.3) is 0 Å². The van der Waals surface area contributed by atoms with E-state index in [9.17, 15) is 5.11 Å². The van der Waals surface area contributed by atoms with Crippen LogP contribution in [0.5, 0.6) is 5.75 Å². The van der Waals surface area contributed by atoms with Crippen molar-refractivity contribution in [3.8, 4) is 5.75 Å². The molecule has 1 atom stereocenters. The third kappa shape index (κ3) is 2.71. The summed E-state index contributed by atoms with van der Waals surface area (Å²) in [5.41, 5.74) is 1.76. The lowest BCUT2D eigenvalue weighted by atomic mass is 10.1. The van der Waals surface area contributed by atoms with E-state index in [1.807, 2.05) is 13.0 Å². The smallest absolute Gasteiger partial charge is 0.119 e. The SMILES string of the molecule is Cc1cc(O)c(CC(C)O)cc1Br. The van der Waals surface area contributed by atoms with E-state index in [1.165, 1.54) is 0 Å². The molecule has 0 radical (unpaired) electrons. The van der Waals surface area contributed by atoms with E-state index in [2.05, 4.69) is 15.9 Å². The Morgan fingerprint density at radius 2 is 2.08 bits per heavy atom. The molecule has 0 aromatic heterocycles. The van der Waals surface area contributed by atoms with Gasteiger partial charge in [-0.05, 0) is 37.1 Å². The number of aliphatic hydroxyl groups is 1. The number of aromatic hydroxyl groups is 1. The first-order valence-corrected chi connectivity index (χ1v) is 4.96. The molecule has 0 bridgehead atoms. The van der Waals surface area contributed by atoms with Crippen molar-refractivity contribution in [1.29, 1.82) is 0 Å². The highest BCUT2D eigenvalue weighted by atomic mass is 79.9. The third-order valence-electron chi connectivity index (χ3n) is 1.88. The molecule has 0 aliphatic heterocycles. The van der Waals surface area contributed by atoms with Gasteiger partial charge in [-0.3, -0.25) is 0 Å². The Kier molecular flexibility index (Phi) is 3.33. The van der Waals surface area contributed by atoms with E-state index < -0.39 is 6.10 Å². The maximum Gasteiger partial charge on any atom is 0.119 e. The number of hydrogen-bond donors (Lipinski definition) is 2. The van der Waals surface area contributed by atoms with Crippen LogP contribution in [0.2, 0.25) is 0 Å². The van der Waals surface area contributed by atoms with Crippen molar-refractivity contribution in [3.63, 3.8) is 0 Å². The minimum Gasteiger partial charge on any atom is -0.508 e. The topological polar surface area (TPSA) is 40.5 Å². The Bertz CT molecular complexity index is 308. The van der Waals surface area contributed by atoms with Crippen molar-refractivity contribution >= 4 is 15.9 Å². The molecule has 0 saturated carbocycles. The molecule has 72 valence electrons. The largest absolute Gasteiger partial charge is 0.508 e. The number of halogens is 1. The van der Waals surface area contributed by atoms with Crippen LogP contribution in [0.3, 0.4) is 0 Å². The highest BCUT2D eigenvalue weighted by Gasteiger charge is 2.07. The second kappa shape index (κ2) is 4.11. The van der Waals surface area contributed by atoms with Gasteiger partial charge in [0.2, 0.25) is 0 Å². The van der Waals surface area contributed by atoms with Gasteiger partial charge in [0.05, 0.1) is 6.10 Å². The van der Waals surface area contributed by atoms with Crippen molar-refractivity contribution in [3.05, 3.63) is 27.7 Å². The van der Waals surface area contributed by atoms with Crippen molar-refractivity contribution in [1.82, 2.24) is 0 Å². The van der Waals surface area contributed by atoms with Crippen LogP contribution in [0.4, 0.5) is 0 Å². The highest BCUT2D eigenvalue weighted by Crippen LogP contribution is 2.26. The number of aryl methyl sites for hydroxylation is 1. The maximum absolute atomic E-state index is 9.53. The molecular weight excluding hydrogens is 232 g/mol. The monoisotopic (exact) mass is 244 g/mol. The molecule has 3 heteroatoms. The van der Waals surface area contributed by atoms with Gasteiger partial charge in [0.15, 0.2) is 0 Å². The lowest BCUT2D eigenvalue weighted by molar-refractivity contribution is 0.194. The standard InChI is InChI=1S/C10H13BrO2/c1-6-3-10(13)8(4-7(2)12)5-9(6)11/h3,5,7,12-13H,4H2,1-2H3. The molecule has 0 fully saturated rings. The van der Waals surface area contributed by atoms with Gasteiger partial charge in [0, 0.05) is 10.9 Å². The van der Waals surface area contributed by atoms with Gasteiger partial charge in [0.1, 0.15) is 5.75 Å². The first-order valence-electron chi connectivity index (χ1n) is 4.16. The summed E-state index contributed by atoms with van der Waals surface area (Å²) in [5, 5.41) is 18.7. The molecule has 0 aliphatic rings. The van der Waals surface area contributed by atoms with Gasteiger partial charge in [0.25, 0.3) is 0 Å². The summed E-state index contributed by atoms with van der Waals surface area (Å²) in [6.07, 6.45) is 0.0468. The number of aliphatic hydroxyl groups excluding tert-OH is 1. The molecule has 2 N–H and O–H groups in total. The lowest BCUT2D eigenvalue weighted by Crippen LogP contribution is -2.04. The molecule has 1 rings (SSSR count). The van der Waals surface area contributed by atoms with Crippen LogP contribution in [-0.2, 0) is 6.42 Å². The summed E-state index contributed by atoms with van der Waals surface area (Å²) in [4.78, 5) is 0. The van der Waals surface area contributed by atoms with Crippen molar-refractivity contribution in [2.45, 2.75) is 26.4 Å². The lowest BCUT2D eigenvalue weighted by Gasteiger charge is -2.08. The molecule has 1 aromatic rings. The fourth-order valence-corrected chi connectivity index (χ4v) is 1.58. The summed E-state index contributed by atoms with van der Waals surface area (Å²) in [6.45, 7) is 3.61. The highest BCUT2D eigenvalue weighted by molar-refractivity contribution is 9.10. The van der Waals surface area contributed by atoms with Gasteiger partial charge < -0.3 is 10.2 Å². The Hall–Kier alpha value is -0.540. The van der Waals surface area contributed by atoms with Crippen LogP contribution in [0.1, 0.15) is 18.1 Å². The molecule has 0 heterocycles. The normalized spacial score (nSPS) is 12.9. The number of phenols is 1. The van der Waals surface area contributed by atoms with E-state index in [4.69, 9.17) is 5.11 Å². The Labute approximate surface area is 86.3 Å². The minimum atomic E-state index is -0.430. The van der Waals surface area contributed by atoms with Crippen molar-refractivity contribution in [2.24, 2.45) is 0 Å². The zero-order valence-electron chi connectivity index (χ0n) is 7.71. The molecule has 2 nitrogen and oxygen atoms in total. The zero-order chi connectivity index (χ0) is 10.0. The fraction of sp³-hybridized carbons (Fsp3) is 0.400. The van der Waals surface area contributed by atoms with Gasteiger partial charge in [-0.15, -0.1) is 0 Å². The molecule has 0 aliphatic carbocycles. The quantitative estimate of drug-likeness (QED) is 0.839. The summed E-state index contributed by atoms with van der Waals surface area (Å²) in [5.74, 6) is 0.251. The van der Waals surface area contributed by atoms with Crippen molar-refractivity contribution < 1.29 is 10.2 Å². The predicted molar refractivity (Wildman–Crippen MR) is 55.9 cm³/mol. The van der Waals surface area contributed by atoms with Gasteiger partial charge in [-0.2, -0.15) is 0 Å². The van der Waals surface area contributed by atoms with E-state index in [-0.39, 0.29) is 5.75 Å². The van der Waals surface area contributed by atoms with E-state index >= 15 is 0 Å². The van der Waals surface area contributed by atoms with Crippen LogP contribution >= 0.6 is 15.9 Å². The zero-order valence-corrected chi connectivity index (χ0v) is 9.30. The van der Waals surface area contributed by atoms with E-state index in [0.29, 0.717) is 6.42 Å². The first-order chi connectivity index (χ1) is 6.00. The molecule has 1 unspecified atom stereocenters. The number of benzene rings is 1. The van der Waals surface area contributed by atoms with Crippen LogP contribution in [0.15, 0.2) is 16.6 Å². The van der Waals surface area contributed by atoms with Crippen LogP contribution < -0.4 is 0 Å². The number of rotatable bonds is 2. The van der Waals surface area contributed by atoms with Crippen LogP contribution in [-0.4, -0.2) is 16.3 Å². The maximum atomic E-state index is 9.53. The molecule has 13 heavy (non-hydrogen) atoms. The summed E-state index contributed by atoms with van der Waals surface area (Å²) in [7, 11) is 0. The third-order valence-corrected chi connectivity index (χ3v) is 2.73. The Morgan fingerprint density at radius 3 is 2.62 bits per heavy atom. The first kappa shape index (κ1) is 10.5. The summed E-state index contributed by atoms with van der Waals surface area (Å²) in [6, 6.07) is 3.54. The van der Waals surface area contributed by atoms with Gasteiger partial charge in [-0.25, -0.2) is 0 Å².